The fourth-order valence-electron chi connectivity index (χ4n) is 3.93. The van der Waals surface area contributed by atoms with Crippen LogP contribution in [0.5, 0.6) is 5.75 Å². The molecule has 8 heteroatoms. The summed E-state index contributed by atoms with van der Waals surface area (Å²) in [5, 5.41) is 10.1. The van der Waals surface area contributed by atoms with E-state index in [1.54, 1.807) is 24.3 Å². The Labute approximate surface area is 193 Å². The molecule has 0 unspecified atom stereocenters. The summed E-state index contributed by atoms with van der Waals surface area (Å²) in [6.07, 6.45) is 0. The second kappa shape index (κ2) is 7.86. The molecule has 33 heavy (non-hydrogen) atoms. The molecule has 0 saturated heterocycles. The molecule has 0 aliphatic heterocycles. The normalized spacial score (nSPS) is 11.6. The van der Waals surface area contributed by atoms with E-state index in [9.17, 15) is 0 Å². The third kappa shape index (κ3) is 3.66. The van der Waals surface area contributed by atoms with Crippen molar-refractivity contribution in [3.8, 4) is 5.75 Å². The van der Waals surface area contributed by atoms with Gasteiger partial charge in [0, 0.05) is 10.4 Å². The van der Waals surface area contributed by atoms with Crippen LogP contribution in [-0.4, -0.2) is 24.7 Å². The summed E-state index contributed by atoms with van der Waals surface area (Å²) < 4.78 is 13.7. The Kier molecular flexibility index (Phi) is 4.69. The topological polar surface area (TPSA) is 78.9 Å². The van der Waals surface area contributed by atoms with Gasteiger partial charge in [0.15, 0.2) is 12.3 Å². The van der Waals surface area contributed by atoms with E-state index in [0.717, 1.165) is 38.7 Å². The highest BCUT2D eigenvalue weighted by atomic mass is 35.5. The van der Waals surface area contributed by atoms with Crippen LogP contribution in [0.4, 0.5) is 0 Å². The predicted octanol–water partition coefficient (Wildman–Crippen LogP) is 5.71. The minimum atomic E-state index is 0.172. The number of benzene rings is 3. The lowest BCUT2D eigenvalue weighted by atomic mass is 10.1. The molecule has 3 heterocycles. The van der Waals surface area contributed by atoms with Gasteiger partial charge in [0.1, 0.15) is 17.8 Å². The first kappa shape index (κ1) is 19.7. The average molecular weight is 456 g/mol. The van der Waals surface area contributed by atoms with E-state index in [1.165, 1.54) is 0 Å². The molecule has 0 atom stereocenters. The predicted molar refractivity (Wildman–Crippen MR) is 126 cm³/mol. The van der Waals surface area contributed by atoms with Crippen LogP contribution >= 0.6 is 11.6 Å². The number of aromatic nitrogens is 5. The number of hydrogen-bond acceptors (Lipinski definition) is 6. The second-order valence-corrected chi connectivity index (χ2v) is 8.26. The van der Waals surface area contributed by atoms with Crippen molar-refractivity contribution in [3.05, 3.63) is 89.1 Å². The van der Waals surface area contributed by atoms with E-state index in [1.807, 2.05) is 24.3 Å². The highest BCUT2D eigenvalue weighted by Crippen LogP contribution is 2.29. The number of fused-ring (bicyclic) bond motifs is 4. The first-order valence-electron chi connectivity index (χ1n) is 10.5. The quantitative estimate of drug-likeness (QED) is 0.331. The fourth-order valence-corrected chi connectivity index (χ4v) is 4.06. The minimum Gasteiger partial charge on any atom is -0.484 e. The van der Waals surface area contributed by atoms with Gasteiger partial charge in [0.2, 0.25) is 5.89 Å². The van der Waals surface area contributed by atoms with Crippen molar-refractivity contribution in [1.29, 1.82) is 0 Å². The molecule has 0 aliphatic rings. The van der Waals surface area contributed by atoms with Crippen molar-refractivity contribution in [2.75, 3.05) is 0 Å². The van der Waals surface area contributed by atoms with Crippen molar-refractivity contribution in [1.82, 2.24) is 24.7 Å². The van der Waals surface area contributed by atoms with E-state index in [2.05, 4.69) is 39.9 Å². The Balaban J connectivity index is 1.36. The summed E-state index contributed by atoms with van der Waals surface area (Å²) in [7, 11) is 0. The molecular formula is C25H18ClN5O2. The molecule has 0 aliphatic carbocycles. The fraction of sp³-hybridized carbons (Fsp3) is 0.120. The molecular weight excluding hydrogens is 438 g/mol. The van der Waals surface area contributed by atoms with E-state index in [0.29, 0.717) is 29.1 Å². The second-order valence-electron chi connectivity index (χ2n) is 7.82. The zero-order valence-corrected chi connectivity index (χ0v) is 18.5. The third-order valence-corrected chi connectivity index (χ3v) is 5.74. The summed E-state index contributed by atoms with van der Waals surface area (Å²) in [5.74, 6) is 1.55. The van der Waals surface area contributed by atoms with Crippen molar-refractivity contribution in [3.63, 3.8) is 0 Å². The van der Waals surface area contributed by atoms with Gasteiger partial charge < -0.3 is 13.7 Å². The van der Waals surface area contributed by atoms with Crippen LogP contribution in [0.15, 0.2) is 71.1 Å². The van der Waals surface area contributed by atoms with Crippen LogP contribution in [-0.2, 0) is 13.2 Å². The van der Waals surface area contributed by atoms with E-state index in [4.69, 9.17) is 30.7 Å². The summed E-state index contributed by atoms with van der Waals surface area (Å²) >= 11 is 5.92. The van der Waals surface area contributed by atoms with Crippen molar-refractivity contribution < 1.29 is 9.15 Å². The zero-order chi connectivity index (χ0) is 22.4. The highest BCUT2D eigenvalue weighted by molar-refractivity contribution is 6.30. The van der Waals surface area contributed by atoms with Gasteiger partial charge in [-0.25, -0.2) is 9.97 Å². The number of nitrogens with zero attached hydrogens (tertiary/aromatic N) is 5. The van der Waals surface area contributed by atoms with Gasteiger partial charge in [-0.1, -0.05) is 35.4 Å². The maximum absolute atomic E-state index is 5.92. The molecule has 6 aromatic rings. The molecule has 0 N–H and O–H groups in total. The van der Waals surface area contributed by atoms with Crippen LogP contribution in [0.2, 0.25) is 5.02 Å². The van der Waals surface area contributed by atoms with Gasteiger partial charge in [0.05, 0.1) is 16.6 Å². The van der Waals surface area contributed by atoms with Crippen LogP contribution in [0.3, 0.4) is 0 Å². The third-order valence-electron chi connectivity index (χ3n) is 5.48. The molecule has 0 fully saturated rings. The maximum atomic E-state index is 5.92. The molecule has 0 amide bonds. The number of hydrogen-bond donors (Lipinski definition) is 0. The van der Waals surface area contributed by atoms with E-state index < -0.39 is 0 Å². The standard InChI is InChI=1S/C25H18ClN5O2/c1-15-6-11-21-18(12-15)24-25(28-20-5-3-2-4-19(20)27-24)31(21)13-22-29-30-23(33-22)14-32-17-9-7-16(26)8-10-17/h2-12H,13-14H2,1H3. The van der Waals surface area contributed by atoms with E-state index >= 15 is 0 Å². The Morgan fingerprint density at radius 2 is 1.67 bits per heavy atom. The molecule has 0 bridgehead atoms. The highest BCUT2D eigenvalue weighted by Gasteiger charge is 2.17. The van der Waals surface area contributed by atoms with Gasteiger partial charge >= 0.3 is 0 Å². The van der Waals surface area contributed by atoms with Crippen LogP contribution in [0, 0.1) is 6.92 Å². The lowest BCUT2D eigenvalue weighted by Gasteiger charge is -2.04. The van der Waals surface area contributed by atoms with Gasteiger partial charge in [-0.2, -0.15) is 0 Å². The summed E-state index contributed by atoms with van der Waals surface area (Å²) in [4.78, 5) is 9.81. The van der Waals surface area contributed by atoms with Gasteiger partial charge in [0.25, 0.3) is 5.89 Å². The maximum Gasteiger partial charge on any atom is 0.253 e. The Morgan fingerprint density at radius 3 is 2.48 bits per heavy atom. The van der Waals surface area contributed by atoms with Crippen LogP contribution in [0.25, 0.3) is 33.1 Å². The number of rotatable bonds is 5. The SMILES string of the molecule is Cc1ccc2c(c1)c1nc3ccccc3nc1n2Cc1nnc(COc2ccc(Cl)cc2)o1. The van der Waals surface area contributed by atoms with Gasteiger partial charge in [-0.15, -0.1) is 10.2 Å². The number of ether oxygens (including phenoxy) is 1. The van der Waals surface area contributed by atoms with E-state index in [-0.39, 0.29) is 6.61 Å². The minimum absolute atomic E-state index is 0.172. The molecule has 162 valence electrons. The number of aryl methyl sites for hydroxylation is 1. The first-order chi connectivity index (χ1) is 16.1. The number of halogens is 1. The number of para-hydroxylation sites is 2. The van der Waals surface area contributed by atoms with Crippen molar-refractivity contribution in [2.24, 2.45) is 0 Å². The smallest absolute Gasteiger partial charge is 0.253 e. The molecule has 7 nitrogen and oxygen atoms in total. The monoisotopic (exact) mass is 455 g/mol. The van der Waals surface area contributed by atoms with Gasteiger partial charge in [-0.05, 0) is 55.5 Å². The average Bonchev–Trinajstić information content (AvgIpc) is 3.40. The van der Waals surface area contributed by atoms with Crippen molar-refractivity contribution in [2.45, 2.75) is 20.1 Å². The molecule has 0 saturated carbocycles. The lowest BCUT2D eigenvalue weighted by Crippen LogP contribution is -2.01. The van der Waals surface area contributed by atoms with Crippen molar-refractivity contribution >= 4 is 44.7 Å². The molecule has 0 radical (unpaired) electrons. The van der Waals surface area contributed by atoms with Crippen LogP contribution < -0.4 is 4.74 Å². The molecule has 3 aromatic heterocycles. The first-order valence-corrected chi connectivity index (χ1v) is 10.9. The molecule has 6 rings (SSSR count). The molecule has 3 aromatic carbocycles. The Bertz CT molecular complexity index is 1620. The molecule has 0 spiro atoms. The van der Waals surface area contributed by atoms with Crippen LogP contribution in [0.1, 0.15) is 17.3 Å². The largest absolute Gasteiger partial charge is 0.484 e. The zero-order valence-electron chi connectivity index (χ0n) is 17.7. The summed E-state index contributed by atoms with van der Waals surface area (Å²) in [6, 6.07) is 21.3. The lowest BCUT2D eigenvalue weighted by molar-refractivity contribution is 0.258. The summed E-state index contributed by atoms with van der Waals surface area (Å²) in [5.41, 5.74) is 5.53. The van der Waals surface area contributed by atoms with Gasteiger partial charge in [-0.3, -0.25) is 0 Å². The summed E-state index contributed by atoms with van der Waals surface area (Å²) in [6.45, 7) is 2.62. The Hall–Kier alpha value is -3.97. The Morgan fingerprint density at radius 1 is 0.909 bits per heavy atom.